The Bertz CT molecular complexity index is 1640. The summed E-state index contributed by atoms with van der Waals surface area (Å²) in [6.07, 6.45) is 2.12. The minimum Gasteiger partial charge on any atom is -0.507 e. The number of aromatic nitrogens is 3. The number of rotatable bonds is 4. The zero-order valence-corrected chi connectivity index (χ0v) is 19.3. The molecule has 0 amide bonds. The lowest BCUT2D eigenvalue weighted by molar-refractivity contribution is 0.350. The second kappa shape index (κ2) is 9.51. The average molecular weight is 482 g/mol. The summed E-state index contributed by atoms with van der Waals surface area (Å²) in [5.74, 6) is 5.19. The molecular weight excluding hydrogens is 462 g/mol. The Balaban J connectivity index is 1.68. The van der Waals surface area contributed by atoms with Crippen molar-refractivity contribution in [3.63, 3.8) is 0 Å². The van der Waals surface area contributed by atoms with Gasteiger partial charge in [0.05, 0.1) is 11.3 Å². The molecule has 6 nitrogen and oxygen atoms in total. The topological polar surface area (TPSA) is 90.6 Å². The number of halogens is 1. The Morgan fingerprint density at radius 2 is 1.77 bits per heavy atom. The molecule has 5 rings (SSSR count). The van der Waals surface area contributed by atoms with Crippen LogP contribution in [0.1, 0.15) is 16.8 Å². The molecule has 2 aromatic heterocycles. The number of nitrogens with zero attached hydrogens (tertiary/aromatic N) is 2. The Morgan fingerprint density at radius 3 is 2.49 bits per heavy atom. The van der Waals surface area contributed by atoms with Gasteiger partial charge in [-0.15, -0.1) is 0 Å². The zero-order chi connectivity index (χ0) is 24.4. The number of H-pyrrole nitrogens is 1. The summed E-state index contributed by atoms with van der Waals surface area (Å²) in [4.78, 5) is 16.7. The first-order chi connectivity index (χ1) is 17.0. The zero-order valence-electron chi connectivity index (χ0n) is 18.5. The van der Waals surface area contributed by atoms with Crippen molar-refractivity contribution in [2.45, 2.75) is 6.42 Å². The summed E-state index contributed by atoms with van der Waals surface area (Å²) < 4.78 is 1.34. The van der Waals surface area contributed by atoms with Crippen LogP contribution in [0.5, 0.6) is 5.75 Å². The van der Waals surface area contributed by atoms with Crippen LogP contribution in [0, 0.1) is 11.8 Å². The first-order valence-corrected chi connectivity index (χ1v) is 11.3. The summed E-state index contributed by atoms with van der Waals surface area (Å²) in [6.45, 7) is -0.278. The standard InChI is InChI=1S/C28H20ClN3O3/c29-21-11-9-20(10-12-21)26-24(15-18-5-2-1-3-6-18)31-32-27(26)30-17-23(28(32)35)22-13-8-19(7-4-14-33)16-25(22)34/h1-3,5-6,8-13,16-17,30,33-34H,14-15H2. The van der Waals surface area contributed by atoms with Crippen LogP contribution >= 0.6 is 11.6 Å². The van der Waals surface area contributed by atoms with Gasteiger partial charge in [0.15, 0.2) is 0 Å². The number of fused-ring (bicyclic) bond motifs is 1. The molecule has 0 bridgehead atoms. The second-order valence-corrected chi connectivity index (χ2v) is 8.39. The summed E-state index contributed by atoms with van der Waals surface area (Å²) in [7, 11) is 0. The lowest BCUT2D eigenvalue weighted by atomic mass is 10.0. The second-order valence-electron chi connectivity index (χ2n) is 7.95. The molecule has 0 unspecified atom stereocenters. The summed E-state index contributed by atoms with van der Waals surface area (Å²) in [5, 5.41) is 24.8. The van der Waals surface area contributed by atoms with Gasteiger partial charge in [-0.25, -0.2) is 0 Å². The highest BCUT2D eigenvalue weighted by Crippen LogP contribution is 2.32. The molecule has 0 radical (unpaired) electrons. The quantitative estimate of drug-likeness (QED) is 0.326. The largest absolute Gasteiger partial charge is 0.507 e. The minimum absolute atomic E-state index is 0.0887. The van der Waals surface area contributed by atoms with Gasteiger partial charge in [-0.05, 0) is 41.5 Å². The van der Waals surface area contributed by atoms with Crippen molar-refractivity contribution < 1.29 is 10.2 Å². The Labute approximate surface area is 206 Å². The molecule has 2 heterocycles. The number of phenols is 1. The van der Waals surface area contributed by atoms with E-state index in [1.54, 1.807) is 30.5 Å². The maximum absolute atomic E-state index is 13.5. The van der Waals surface area contributed by atoms with Crippen LogP contribution in [0.15, 0.2) is 83.8 Å². The van der Waals surface area contributed by atoms with Crippen LogP contribution in [0.25, 0.3) is 27.9 Å². The van der Waals surface area contributed by atoms with Gasteiger partial charge in [-0.3, -0.25) is 4.79 Å². The van der Waals surface area contributed by atoms with Crippen LogP contribution in [0.2, 0.25) is 5.02 Å². The fraction of sp³-hybridized carbons (Fsp3) is 0.0714. The molecule has 3 N–H and O–H groups in total. The van der Waals surface area contributed by atoms with Crippen molar-refractivity contribution in [3.8, 4) is 39.8 Å². The highest BCUT2D eigenvalue weighted by atomic mass is 35.5. The van der Waals surface area contributed by atoms with Crippen LogP contribution in [-0.2, 0) is 6.42 Å². The number of hydrogen-bond acceptors (Lipinski definition) is 4. The minimum atomic E-state index is -0.363. The lowest BCUT2D eigenvalue weighted by Crippen LogP contribution is -2.17. The number of hydrogen-bond donors (Lipinski definition) is 3. The van der Waals surface area contributed by atoms with Crippen molar-refractivity contribution in [1.82, 2.24) is 14.6 Å². The number of nitrogens with one attached hydrogen (secondary N) is 1. The van der Waals surface area contributed by atoms with E-state index in [1.807, 2.05) is 42.5 Å². The summed E-state index contributed by atoms with van der Waals surface area (Å²) in [5.41, 5.74) is 4.85. The number of aromatic hydroxyl groups is 1. The van der Waals surface area contributed by atoms with E-state index in [4.69, 9.17) is 16.7 Å². The van der Waals surface area contributed by atoms with E-state index >= 15 is 0 Å². The molecule has 3 aromatic carbocycles. The number of aromatic amines is 1. The van der Waals surface area contributed by atoms with E-state index in [0.29, 0.717) is 28.2 Å². The van der Waals surface area contributed by atoms with Gasteiger partial charge in [-0.1, -0.05) is 65.9 Å². The Kier molecular flexibility index (Phi) is 6.11. The molecule has 35 heavy (non-hydrogen) atoms. The third-order valence-electron chi connectivity index (χ3n) is 5.68. The number of phenolic OH excluding ortho intramolecular Hbond substituents is 1. The van der Waals surface area contributed by atoms with E-state index in [-0.39, 0.29) is 23.5 Å². The van der Waals surface area contributed by atoms with Crippen molar-refractivity contribution in [3.05, 3.63) is 111 Å². The predicted octanol–water partition coefficient (Wildman–Crippen LogP) is 4.65. The molecule has 0 aliphatic heterocycles. The van der Waals surface area contributed by atoms with Crippen molar-refractivity contribution >= 4 is 17.2 Å². The van der Waals surface area contributed by atoms with E-state index in [0.717, 1.165) is 22.4 Å². The normalized spacial score (nSPS) is 10.8. The molecular formula is C28H20ClN3O3. The van der Waals surface area contributed by atoms with Gasteiger partial charge in [0.1, 0.15) is 18.0 Å². The summed E-state index contributed by atoms with van der Waals surface area (Å²) in [6, 6.07) is 22.1. The molecule has 0 aliphatic rings. The van der Waals surface area contributed by atoms with Gasteiger partial charge in [0.2, 0.25) is 0 Å². The fourth-order valence-electron chi connectivity index (χ4n) is 4.06. The monoisotopic (exact) mass is 481 g/mol. The first kappa shape index (κ1) is 22.5. The lowest BCUT2D eigenvalue weighted by Gasteiger charge is -2.07. The Hall–Kier alpha value is -4.31. The van der Waals surface area contributed by atoms with Crippen molar-refractivity contribution in [1.29, 1.82) is 0 Å². The number of benzene rings is 3. The van der Waals surface area contributed by atoms with E-state index in [2.05, 4.69) is 21.9 Å². The third kappa shape index (κ3) is 4.43. The fourth-order valence-corrected chi connectivity index (χ4v) is 4.19. The first-order valence-electron chi connectivity index (χ1n) is 10.9. The van der Waals surface area contributed by atoms with Crippen LogP contribution in [0.3, 0.4) is 0 Å². The number of aliphatic hydroxyl groups is 1. The average Bonchev–Trinajstić information content (AvgIpc) is 3.23. The third-order valence-corrected chi connectivity index (χ3v) is 5.93. The van der Waals surface area contributed by atoms with Gasteiger partial charge in [-0.2, -0.15) is 9.61 Å². The van der Waals surface area contributed by atoms with E-state index < -0.39 is 0 Å². The number of aliphatic hydroxyl groups excluding tert-OH is 1. The van der Waals surface area contributed by atoms with Gasteiger partial charge in [0, 0.05) is 34.3 Å². The molecule has 0 fully saturated rings. The van der Waals surface area contributed by atoms with Crippen LogP contribution in [0.4, 0.5) is 0 Å². The molecule has 0 aliphatic carbocycles. The Morgan fingerprint density at radius 1 is 1.00 bits per heavy atom. The van der Waals surface area contributed by atoms with Crippen molar-refractivity contribution in [2.24, 2.45) is 0 Å². The smallest absolute Gasteiger partial charge is 0.282 e. The summed E-state index contributed by atoms with van der Waals surface area (Å²) >= 11 is 6.11. The molecule has 0 atom stereocenters. The van der Waals surface area contributed by atoms with E-state index in [9.17, 15) is 9.90 Å². The molecule has 0 saturated heterocycles. The maximum Gasteiger partial charge on any atom is 0.282 e. The maximum atomic E-state index is 13.5. The predicted molar refractivity (Wildman–Crippen MR) is 137 cm³/mol. The molecule has 0 saturated carbocycles. The van der Waals surface area contributed by atoms with E-state index in [1.165, 1.54) is 10.6 Å². The van der Waals surface area contributed by atoms with Gasteiger partial charge >= 0.3 is 0 Å². The van der Waals surface area contributed by atoms with Crippen molar-refractivity contribution in [2.75, 3.05) is 6.61 Å². The molecule has 172 valence electrons. The molecule has 7 heteroatoms. The molecule has 5 aromatic rings. The van der Waals surface area contributed by atoms with Gasteiger partial charge in [0.25, 0.3) is 5.56 Å². The van der Waals surface area contributed by atoms with Crippen LogP contribution < -0.4 is 5.56 Å². The van der Waals surface area contributed by atoms with Crippen LogP contribution in [-0.4, -0.2) is 31.4 Å². The SMILES string of the molecule is O=c1c(-c2ccc(C#CCO)cc2O)c[nH]c2c(-c3ccc(Cl)cc3)c(Cc3ccccc3)nn12. The highest BCUT2D eigenvalue weighted by Gasteiger charge is 2.20. The molecule has 0 spiro atoms. The van der Waals surface area contributed by atoms with Gasteiger partial charge < -0.3 is 15.2 Å². The highest BCUT2D eigenvalue weighted by molar-refractivity contribution is 6.30.